The first-order valence-electron chi connectivity index (χ1n) is 9.48. The number of rotatable bonds is 4. The van der Waals surface area contributed by atoms with Gasteiger partial charge in [0.2, 0.25) is 0 Å². The van der Waals surface area contributed by atoms with E-state index in [1.807, 2.05) is 30.3 Å². The Hall–Kier alpha value is -2.76. The van der Waals surface area contributed by atoms with Crippen LogP contribution < -0.4 is 20.7 Å². The number of guanidine groups is 1. The van der Waals surface area contributed by atoms with Crippen LogP contribution in [0.25, 0.3) is 0 Å². The van der Waals surface area contributed by atoms with Crippen molar-refractivity contribution in [3.05, 3.63) is 59.9 Å². The number of nitrogens with two attached hydrogens (primary N) is 1. The van der Waals surface area contributed by atoms with Gasteiger partial charge in [-0.2, -0.15) is 0 Å². The maximum atomic E-state index is 14.0. The van der Waals surface area contributed by atoms with Crippen molar-refractivity contribution in [2.45, 2.75) is 18.9 Å². The summed E-state index contributed by atoms with van der Waals surface area (Å²) in [6, 6.07) is 15.1. The van der Waals surface area contributed by atoms with Crippen molar-refractivity contribution in [1.29, 1.82) is 0 Å². The zero-order valence-electron chi connectivity index (χ0n) is 15.3. The Balaban J connectivity index is 1.34. The Morgan fingerprint density at radius 3 is 2.89 bits per heavy atom. The van der Waals surface area contributed by atoms with Crippen LogP contribution in [-0.4, -0.2) is 32.2 Å². The molecule has 2 aliphatic rings. The number of aliphatic imine (C=N–C) groups is 1. The van der Waals surface area contributed by atoms with Crippen molar-refractivity contribution in [3.63, 3.8) is 0 Å². The number of hydrogen-bond acceptors (Lipinski definition) is 3. The number of para-hydroxylation sites is 2. The first-order valence-corrected chi connectivity index (χ1v) is 9.48. The first kappa shape index (κ1) is 17.6. The van der Waals surface area contributed by atoms with Crippen molar-refractivity contribution in [2.24, 2.45) is 16.6 Å². The van der Waals surface area contributed by atoms with Crippen LogP contribution in [0.3, 0.4) is 0 Å². The lowest BCUT2D eigenvalue weighted by Gasteiger charge is -2.27. The van der Waals surface area contributed by atoms with E-state index in [1.54, 1.807) is 6.07 Å². The summed E-state index contributed by atoms with van der Waals surface area (Å²) in [7, 11) is 0. The van der Waals surface area contributed by atoms with Gasteiger partial charge in [-0.1, -0.05) is 30.3 Å². The van der Waals surface area contributed by atoms with Crippen molar-refractivity contribution in [3.8, 4) is 5.75 Å². The van der Waals surface area contributed by atoms with Gasteiger partial charge < -0.3 is 20.7 Å². The number of nitrogens with one attached hydrogen (secondary N) is 1. The molecule has 0 spiro atoms. The smallest absolute Gasteiger partial charge is 0.189 e. The highest BCUT2D eigenvalue weighted by Gasteiger charge is 2.25. The number of nitrogens with zero attached hydrogens (tertiary/aromatic N) is 2. The number of anilines is 1. The molecule has 0 aliphatic carbocycles. The minimum atomic E-state index is -0.166. The van der Waals surface area contributed by atoms with Gasteiger partial charge in [-0.05, 0) is 30.5 Å². The van der Waals surface area contributed by atoms with Gasteiger partial charge in [-0.3, -0.25) is 4.99 Å². The second kappa shape index (κ2) is 7.86. The third-order valence-corrected chi connectivity index (χ3v) is 5.28. The third-order valence-electron chi connectivity index (χ3n) is 5.28. The molecule has 2 unspecified atom stereocenters. The number of fused-ring (bicyclic) bond motifs is 1. The summed E-state index contributed by atoms with van der Waals surface area (Å²) in [5.41, 5.74) is 7.93. The van der Waals surface area contributed by atoms with Crippen LogP contribution in [0, 0.1) is 11.7 Å². The molecule has 3 N–H and O–H groups in total. The second-order valence-corrected chi connectivity index (χ2v) is 7.15. The first-order chi connectivity index (χ1) is 13.2. The molecule has 0 radical (unpaired) electrons. The molecule has 27 heavy (non-hydrogen) atoms. The van der Waals surface area contributed by atoms with E-state index in [0.717, 1.165) is 37.2 Å². The number of benzene rings is 2. The standard InChI is InChI=1S/C21H25FN4O/c22-17-6-2-3-7-19(17)26-11-9-15(14-26)13-24-21(23)25-18-10-12-27-20-8-4-1-5-16(18)20/h1-8,15,18H,9-14H2,(H3,23,24,25). The van der Waals surface area contributed by atoms with Crippen LogP contribution in [-0.2, 0) is 0 Å². The largest absolute Gasteiger partial charge is 0.493 e. The molecule has 2 heterocycles. The van der Waals surface area contributed by atoms with E-state index in [1.165, 1.54) is 6.07 Å². The lowest BCUT2D eigenvalue weighted by molar-refractivity contribution is 0.262. The summed E-state index contributed by atoms with van der Waals surface area (Å²) in [4.78, 5) is 6.64. The van der Waals surface area contributed by atoms with E-state index in [0.29, 0.717) is 30.7 Å². The Labute approximate surface area is 159 Å². The average molecular weight is 368 g/mol. The van der Waals surface area contributed by atoms with Gasteiger partial charge in [0.05, 0.1) is 18.3 Å². The van der Waals surface area contributed by atoms with Crippen LogP contribution in [0.5, 0.6) is 5.75 Å². The molecule has 2 aliphatic heterocycles. The normalized spacial score (nSPS) is 22.3. The minimum absolute atomic E-state index is 0.122. The fourth-order valence-electron chi connectivity index (χ4n) is 3.85. The van der Waals surface area contributed by atoms with Crippen LogP contribution in [0.4, 0.5) is 10.1 Å². The Kier molecular flexibility index (Phi) is 5.14. The van der Waals surface area contributed by atoms with E-state index in [2.05, 4.69) is 21.3 Å². The van der Waals surface area contributed by atoms with Crippen molar-refractivity contribution in [2.75, 3.05) is 31.1 Å². The molecular weight excluding hydrogens is 343 g/mol. The van der Waals surface area contributed by atoms with E-state index >= 15 is 0 Å². The van der Waals surface area contributed by atoms with Crippen molar-refractivity contribution >= 4 is 11.6 Å². The molecule has 2 atom stereocenters. The predicted molar refractivity (Wildman–Crippen MR) is 106 cm³/mol. The van der Waals surface area contributed by atoms with Crippen molar-refractivity contribution in [1.82, 2.24) is 5.32 Å². The molecule has 2 aromatic rings. The highest BCUT2D eigenvalue weighted by Crippen LogP contribution is 2.31. The molecule has 1 saturated heterocycles. The number of hydrogen-bond donors (Lipinski definition) is 2. The van der Waals surface area contributed by atoms with E-state index in [9.17, 15) is 4.39 Å². The quantitative estimate of drug-likeness (QED) is 0.643. The maximum Gasteiger partial charge on any atom is 0.189 e. The molecular formula is C21H25FN4O. The topological polar surface area (TPSA) is 62.9 Å². The monoisotopic (exact) mass is 368 g/mol. The zero-order valence-corrected chi connectivity index (χ0v) is 15.3. The molecule has 0 aromatic heterocycles. The van der Waals surface area contributed by atoms with Gasteiger partial charge in [0.15, 0.2) is 5.96 Å². The van der Waals surface area contributed by atoms with Gasteiger partial charge in [-0.25, -0.2) is 4.39 Å². The minimum Gasteiger partial charge on any atom is -0.493 e. The molecule has 0 saturated carbocycles. The summed E-state index contributed by atoms with van der Waals surface area (Å²) < 4.78 is 19.6. The summed E-state index contributed by atoms with van der Waals surface area (Å²) in [6.45, 7) is 2.97. The second-order valence-electron chi connectivity index (χ2n) is 7.15. The SMILES string of the molecule is NC(=NCC1CCN(c2ccccc2F)C1)NC1CCOc2ccccc21. The van der Waals surface area contributed by atoms with Crippen molar-refractivity contribution < 1.29 is 9.13 Å². The summed E-state index contributed by atoms with van der Waals surface area (Å²) in [5.74, 6) is 1.58. The third kappa shape index (κ3) is 3.99. The molecule has 1 fully saturated rings. The highest BCUT2D eigenvalue weighted by atomic mass is 19.1. The zero-order chi connectivity index (χ0) is 18.6. The Morgan fingerprint density at radius 2 is 2.00 bits per heavy atom. The van der Waals surface area contributed by atoms with Crippen LogP contribution in [0.15, 0.2) is 53.5 Å². The van der Waals surface area contributed by atoms with Gasteiger partial charge >= 0.3 is 0 Å². The molecule has 2 aromatic carbocycles. The summed E-state index contributed by atoms with van der Waals surface area (Å²) >= 11 is 0. The molecule has 4 rings (SSSR count). The van der Waals surface area contributed by atoms with Crippen LogP contribution in [0.1, 0.15) is 24.4 Å². The number of ether oxygens (including phenoxy) is 1. The lowest BCUT2D eigenvalue weighted by atomic mass is 10.0. The van der Waals surface area contributed by atoms with Gasteiger partial charge in [-0.15, -0.1) is 0 Å². The van der Waals surface area contributed by atoms with Gasteiger partial charge in [0.1, 0.15) is 11.6 Å². The molecule has 0 bridgehead atoms. The highest BCUT2D eigenvalue weighted by molar-refractivity contribution is 5.78. The number of halogens is 1. The fourth-order valence-corrected chi connectivity index (χ4v) is 3.85. The Morgan fingerprint density at radius 1 is 1.19 bits per heavy atom. The average Bonchev–Trinajstić information content (AvgIpc) is 3.16. The fraction of sp³-hybridized carbons (Fsp3) is 0.381. The summed E-state index contributed by atoms with van der Waals surface area (Å²) in [6.07, 6.45) is 1.85. The molecule has 0 amide bonds. The lowest BCUT2D eigenvalue weighted by Crippen LogP contribution is -2.37. The van der Waals surface area contributed by atoms with E-state index < -0.39 is 0 Å². The molecule has 142 valence electrons. The van der Waals surface area contributed by atoms with E-state index in [4.69, 9.17) is 10.5 Å². The van der Waals surface area contributed by atoms with Gasteiger partial charge in [0.25, 0.3) is 0 Å². The van der Waals surface area contributed by atoms with Gasteiger partial charge in [0, 0.05) is 31.6 Å². The van der Waals surface area contributed by atoms with Crippen LogP contribution >= 0.6 is 0 Å². The maximum absolute atomic E-state index is 14.0. The summed E-state index contributed by atoms with van der Waals surface area (Å²) in [5, 5.41) is 3.33. The van der Waals surface area contributed by atoms with E-state index in [-0.39, 0.29) is 11.9 Å². The predicted octanol–water partition coefficient (Wildman–Crippen LogP) is 3.08. The molecule has 6 heteroatoms. The Bertz CT molecular complexity index is 825. The molecule has 5 nitrogen and oxygen atoms in total. The van der Waals surface area contributed by atoms with Crippen LogP contribution in [0.2, 0.25) is 0 Å².